The molecule has 105 heavy (non-hydrogen) atoms. The van der Waals surface area contributed by atoms with Gasteiger partial charge in [-0.15, -0.1) is 0 Å². The largest absolute Gasteiger partial charge is 0.508 e. The van der Waals surface area contributed by atoms with E-state index < -0.39 is 40.4 Å². The van der Waals surface area contributed by atoms with Gasteiger partial charge in [-0.3, -0.25) is 28.8 Å². The molecule has 8 unspecified atom stereocenters. The lowest BCUT2D eigenvalue weighted by molar-refractivity contribution is -0.231. The average molecular weight is 1500 g/mol. The maximum atomic E-state index is 12.8. The summed E-state index contributed by atoms with van der Waals surface area (Å²) >= 11 is 0. The number of fused-ring (bicyclic) bond motifs is 1. The summed E-state index contributed by atoms with van der Waals surface area (Å²) in [6.45, 7) is 38.8. The Kier molecular flexibility index (Phi) is 43.2. The summed E-state index contributed by atoms with van der Waals surface area (Å²) in [5.74, 6) is 4.47. The molecule has 0 aromatic heterocycles. The molecule has 13 rings (SSSR count). The molecule has 0 aromatic carbocycles. The van der Waals surface area contributed by atoms with Crippen LogP contribution in [0.15, 0.2) is 0 Å². The van der Waals surface area contributed by atoms with Crippen LogP contribution in [-0.2, 0) is 76.1 Å². The lowest BCUT2D eigenvalue weighted by Gasteiger charge is -2.62. The van der Waals surface area contributed by atoms with Crippen molar-refractivity contribution in [1.29, 1.82) is 0 Å². The Morgan fingerprint density at radius 1 is 0.495 bits per heavy atom. The SMILES string of the molecule is C.C.C.C.C.C.C.C.C.C.CCC(C)(C)C(=O)OC1(C(C)C)C2CC3CC(C2)CC1C3.CCC(C)(C)C(=O)OC12CC3CC(CC(OC(=O)OCC4COC(=O)O4)(C3)C1)C2.CCC(C)(C)C(=O)OC1C2CC3C(=O)OC1C3C2.CCC1(OC(=O)C(C)(C)CC)CCCC1.CCCCOC(=O)C(C)(C)CC. The highest BCUT2D eigenvalue weighted by atomic mass is 16.8. The van der Waals surface area contributed by atoms with Gasteiger partial charge in [-0.25, -0.2) is 9.59 Å². The first kappa shape index (κ1) is 107. The minimum atomic E-state index is -0.773. The van der Waals surface area contributed by atoms with E-state index in [9.17, 15) is 38.4 Å². The maximum absolute atomic E-state index is 12.8. The molecule has 622 valence electrons. The molecule has 10 bridgehead atoms. The number of rotatable bonds is 22. The van der Waals surface area contributed by atoms with Gasteiger partial charge >= 0.3 is 48.1 Å². The number of cyclic esters (lactones) is 2. The van der Waals surface area contributed by atoms with Crippen LogP contribution in [0.5, 0.6) is 0 Å². The van der Waals surface area contributed by atoms with Crippen molar-refractivity contribution in [3.05, 3.63) is 0 Å². The van der Waals surface area contributed by atoms with E-state index in [2.05, 4.69) is 39.4 Å². The molecule has 0 radical (unpaired) electrons. The van der Waals surface area contributed by atoms with Gasteiger partial charge in [0.05, 0.1) is 39.6 Å². The van der Waals surface area contributed by atoms with Crippen molar-refractivity contribution in [3.63, 3.8) is 0 Å². The predicted octanol–water partition coefficient (Wildman–Crippen LogP) is 23.3. The Balaban J connectivity index is -0.000000611. The third-order valence-corrected chi connectivity index (χ3v) is 25.2. The molecule has 2 saturated heterocycles. The molecule has 0 N–H and O–H groups in total. The van der Waals surface area contributed by atoms with Crippen LogP contribution >= 0.6 is 0 Å². The molecule has 8 atom stereocenters. The van der Waals surface area contributed by atoms with Crippen molar-refractivity contribution in [2.24, 2.45) is 86.3 Å². The Bertz CT molecular complexity index is 2640. The predicted molar refractivity (Wildman–Crippen MR) is 426 cm³/mol. The van der Waals surface area contributed by atoms with E-state index >= 15 is 0 Å². The molecule has 2 aliphatic heterocycles. The number of hydrogen-bond acceptors (Lipinski definition) is 18. The minimum absolute atomic E-state index is 0. The summed E-state index contributed by atoms with van der Waals surface area (Å²) in [6, 6.07) is 0. The molecule has 2 heterocycles. The standard InChI is InChI=1S/C21H30O8.C19H32O2.C14H20O4.C13H24O2.C10H20O2.10CH4/c1-4-19(2,3)16(22)28-20-6-13-5-14(7-20)9-21(8-13,12-20)29-18(24)26-11-15-10-25-17(23)27-15;1-6-18(4,5)17(20)21-19(12(2)3)15-8-13-7-14(10-15)11-16(19)9-13;1-4-14(2,3)13(16)18-10-7-5-8-9(6-7)12(15)17-11(8)10;1-5-12(3,4)11(14)15-13(6-2)9-7-8-10-13;1-5-7-8-12-9(11)10(3,4)6-2;;;;;;;;;;/h13-15H,4-12H2,1-3H3;12-16H,6-11H2,1-5H3;7-11H,4-6H2,1-3H3;5-10H2,1-4H3;5-8H2,1-4H3;10*1H4. The first-order chi connectivity index (χ1) is 44.4. The molecule has 11 aliphatic carbocycles. The first-order valence-corrected chi connectivity index (χ1v) is 37.3. The van der Waals surface area contributed by atoms with E-state index in [1.54, 1.807) is 0 Å². The van der Waals surface area contributed by atoms with Crippen LogP contribution in [0, 0.1) is 86.3 Å². The molecule has 18 heteroatoms. The number of unbranched alkanes of at least 4 members (excludes halogenated alkanes) is 1. The fourth-order valence-corrected chi connectivity index (χ4v) is 17.4. The number of carbonyl (C=O) groups excluding carboxylic acids is 8. The maximum Gasteiger partial charge on any atom is 0.508 e. The average Bonchev–Trinajstić information content (AvgIpc) is 0.962. The second-order valence-corrected chi connectivity index (χ2v) is 34.5. The van der Waals surface area contributed by atoms with Crippen molar-refractivity contribution >= 4 is 48.1 Å². The van der Waals surface area contributed by atoms with Gasteiger partial charge in [-0.05, 0) is 258 Å². The van der Waals surface area contributed by atoms with E-state index in [-0.39, 0.29) is 169 Å². The van der Waals surface area contributed by atoms with Crippen LogP contribution in [-0.4, -0.2) is 109 Å². The normalized spacial score (nSPS) is 29.9. The summed E-state index contributed by atoms with van der Waals surface area (Å²) in [6.07, 6.45) is 22.2. The Labute approximate surface area is 644 Å². The summed E-state index contributed by atoms with van der Waals surface area (Å²) in [4.78, 5) is 95.9. The molecule has 0 spiro atoms. The summed E-state index contributed by atoms with van der Waals surface area (Å²) in [5.41, 5.74) is -3.49. The van der Waals surface area contributed by atoms with Crippen molar-refractivity contribution < 1.29 is 85.7 Å². The van der Waals surface area contributed by atoms with Crippen LogP contribution in [0.4, 0.5) is 9.59 Å². The van der Waals surface area contributed by atoms with E-state index in [4.69, 9.17) is 42.6 Å². The highest BCUT2D eigenvalue weighted by molar-refractivity contribution is 5.79. The summed E-state index contributed by atoms with van der Waals surface area (Å²) in [5, 5.41) is 0. The van der Waals surface area contributed by atoms with E-state index in [1.165, 1.54) is 44.9 Å². The Morgan fingerprint density at radius 3 is 1.35 bits per heavy atom. The Morgan fingerprint density at radius 2 is 0.924 bits per heavy atom. The molecular weight excluding hydrogens is 1330 g/mol. The second kappa shape index (κ2) is 42.5. The third-order valence-electron chi connectivity index (χ3n) is 25.2. The zero-order chi connectivity index (χ0) is 70.5. The second-order valence-electron chi connectivity index (χ2n) is 34.5. The highest BCUT2D eigenvalue weighted by Gasteiger charge is 2.65. The lowest BCUT2D eigenvalue weighted by Crippen LogP contribution is -2.63. The topological polar surface area (TPSA) is 229 Å². The van der Waals surface area contributed by atoms with Crippen molar-refractivity contribution in [1.82, 2.24) is 0 Å². The van der Waals surface area contributed by atoms with E-state index in [1.807, 2.05) is 96.9 Å². The van der Waals surface area contributed by atoms with Crippen LogP contribution in [0.3, 0.4) is 0 Å². The fourth-order valence-electron chi connectivity index (χ4n) is 17.4. The van der Waals surface area contributed by atoms with Gasteiger partial charge < -0.3 is 47.4 Å². The third kappa shape index (κ3) is 24.7. The molecule has 13 fully saturated rings. The molecule has 13 aliphatic rings. The van der Waals surface area contributed by atoms with Crippen molar-refractivity contribution in [2.75, 3.05) is 19.8 Å². The van der Waals surface area contributed by atoms with Crippen molar-refractivity contribution in [3.8, 4) is 0 Å². The zero-order valence-corrected chi connectivity index (χ0v) is 62.2. The van der Waals surface area contributed by atoms with Crippen LogP contribution in [0.25, 0.3) is 0 Å². The first-order valence-electron chi connectivity index (χ1n) is 37.3. The van der Waals surface area contributed by atoms with Gasteiger partial charge in [0.25, 0.3) is 0 Å². The van der Waals surface area contributed by atoms with Crippen LogP contribution < -0.4 is 0 Å². The van der Waals surface area contributed by atoms with Crippen LogP contribution in [0.1, 0.15) is 366 Å². The minimum Gasteiger partial charge on any atom is -0.465 e. The highest BCUT2D eigenvalue weighted by Crippen LogP contribution is 2.63. The molecule has 11 saturated carbocycles. The summed E-state index contributed by atoms with van der Waals surface area (Å²) in [7, 11) is 0. The molecule has 0 aromatic rings. The molecular formula is C87H166O18. The Hall–Kier alpha value is -4.64. The van der Waals surface area contributed by atoms with E-state index in [0.717, 1.165) is 115 Å². The fraction of sp³-hybridized carbons (Fsp3) is 0.908. The van der Waals surface area contributed by atoms with Crippen LogP contribution in [0.2, 0.25) is 0 Å². The monoisotopic (exact) mass is 1500 g/mol. The smallest absolute Gasteiger partial charge is 0.465 e. The van der Waals surface area contributed by atoms with Crippen molar-refractivity contribution in [2.45, 2.75) is 407 Å². The lowest BCUT2D eigenvalue weighted by atomic mass is 9.47. The van der Waals surface area contributed by atoms with Gasteiger partial charge in [0.1, 0.15) is 47.8 Å². The van der Waals surface area contributed by atoms with Gasteiger partial charge in [0.2, 0.25) is 0 Å². The van der Waals surface area contributed by atoms with Gasteiger partial charge in [0, 0.05) is 18.3 Å². The van der Waals surface area contributed by atoms with Gasteiger partial charge in [-0.1, -0.05) is 143 Å². The number of hydrogen-bond donors (Lipinski definition) is 0. The zero-order valence-electron chi connectivity index (χ0n) is 62.2. The number of esters is 6. The van der Waals surface area contributed by atoms with Gasteiger partial charge in [0.15, 0.2) is 6.10 Å². The molecule has 0 amide bonds. The summed E-state index contributed by atoms with van der Waals surface area (Å²) < 4.78 is 55.0. The number of carbonyl (C=O) groups is 8. The molecule has 18 nitrogen and oxygen atoms in total. The van der Waals surface area contributed by atoms with Gasteiger partial charge in [-0.2, -0.15) is 0 Å². The quantitative estimate of drug-likeness (QED) is 0.0557. The van der Waals surface area contributed by atoms with E-state index in [0.29, 0.717) is 60.9 Å². The number of ether oxygens (including phenoxy) is 10.